The number of allylic oxidation sites excluding steroid dienone is 2. The Morgan fingerprint density at radius 3 is 2.14 bits per heavy atom. The molecule has 3 atom stereocenters. The van der Waals surface area contributed by atoms with Crippen LogP contribution >= 0.6 is 0 Å². The summed E-state index contributed by atoms with van der Waals surface area (Å²) in [6, 6.07) is 17.5. The average Bonchev–Trinajstić information content (AvgIpc) is 2.90. The van der Waals surface area contributed by atoms with E-state index in [2.05, 4.69) is 86.4 Å². The summed E-state index contributed by atoms with van der Waals surface area (Å²) in [6.45, 7) is 4.25. The summed E-state index contributed by atoms with van der Waals surface area (Å²) in [5.74, 6) is 8.35. The van der Waals surface area contributed by atoms with Crippen molar-refractivity contribution in [2.45, 2.75) is 25.7 Å². The second kappa shape index (κ2) is 4.89. The summed E-state index contributed by atoms with van der Waals surface area (Å²) in [5.41, 5.74) is 5.15. The van der Waals surface area contributed by atoms with Crippen molar-refractivity contribution in [3.63, 3.8) is 0 Å². The lowest BCUT2D eigenvalue weighted by Gasteiger charge is -2.13. The molecule has 0 saturated heterocycles. The van der Waals surface area contributed by atoms with Gasteiger partial charge in [0.15, 0.2) is 0 Å². The molecule has 0 nitrogen and oxygen atoms in total. The summed E-state index contributed by atoms with van der Waals surface area (Å²) in [4.78, 5) is 0. The number of hydrogen-bond donors (Lipinski definition) is 0. The Bertz CT molecular complexity index is 781. The zero-order valence-corrected chi connectivity index (χ0v) is 13.1. The first-order valence-electron chi connectivity index (χ1n) is 8.04. The van der Waals surface area contributed by atoms with Gasteiger partial charge in [0.2, 0.25) is 0 Å². The van der Waals surface area contributed by atoms with Crippen LogP contribution < -0.4 is 0 Å². The minimum Gasteiger partial charge on any atom is -0.0878 e. The van der Waals surface area contributed by atoms with Gasteiger partial charge in [0.1, 0.15) is 0 Å². The zero-order chi connectivity index (χ0) is 15.2. The van der Waals surface area contributed by atoms with Gasteiger partial charge in [0.05, 0.1) is 5.41 Å². The Kier molecular flexibility index (Phi) is 2.98. The van der Waals surface area contributed by atoms with Crippen LogP contribution in [-0.2, 0) is 5.41 Å². The maximum Gasteiger partial charge on any atom is 0.0669 e. The molecule has 2 aliphatic rings. The number of fused-ring (bicyclic) bond motifs is 1. The zero-order valence-electron chi connectivity index (χ0n) is 13.1. The van der Waals surface area contributed by atoms with E-state index >= 15 is 0 Å². The smallest absolute Gasteiger partial charge is 0.0669 e. The number of rotatable bonds is 1. The largest absolute Gasteiger partial charge is 0.0878 e. The molecule has 0 spiro atoms. The molecule has 2 aromatic carbocycles. The van der Waals surface area contributed by atoms with E-state index in [0.717, 1.165) is 5.56 Å². The molecule has 2 aromatic rings. The van der Waals surface area contributed by atoms with Gasteiger partial charge < -0.3 is 0 Å². The third-order valence-electron chi connectivity index (χ3n) is 5.16. The van der Waals surface area contributed by atoms with E-state index in [1.165, 1.54) is 23.1 Å². The van der Waals surface area contributed by atoms with Gasteiger partial charge in [0, 0.05) is 11.5 Å². The van der Waals surface area contributed by atoms with Crippen LogP contribution in [0.1, 0.15) is 28.7 Å². The van der Waals surface area contributed by atoms with Crippen molar-refractivity contribution in [3.05, 3.63) is 82.9 Å². The molecule has 0 amide bonds. The predicted molar refractivity (Wildman–Crippen MR) is 91.7 cm³/mol. The highest BCUT2D eigenvalue weighted by molar-refractivity contribution is 5.54. The van der Waals surface area contributed by atoms with Crippen LogP contribution in [0.4, 0.5) is 0 Å². The molecule has 0 aliphatic heterocycles. The van der Waals surface area contributed by atoms with E-state index in [1.807, 2.05) is 0 Å². The fourth-order valence-corrected chi connectivity index (χ4v) is 3.78. The van der Waals surface area contributed by atoms with Gasteiger partial charge >= 0.3 is 0 Å². The Morgan fingerprint density at radius 2 is 1.55 bits per heavy atom. The Morgan fingerprint density at radius 1 is 0.909 bits per heavy atom. The van der Waals surface area contributed by atoms with Crippen molar-refractivity contribution >= 4 is 0 Å². The first-order chi connectivity index (χ1) is 10.7. The minimum absolute atomic E-state index is 0.0489. The van der Waals surface area contributed by atoms with E-state index in [-0.39, 0.29) is 5.41 Å². The molecule has 108 valence electrons. The lowest BCUT2D eigenvalue weighted by atomic mass is 9.89. The molecule has 0 radical (unpaired) electrons. The molecule has 1 saturated carbocycles. The molecule has 0 aromatic heterocycles. The molecule has 4 rings (SSSR count). The molecule has 0 heterocycles. The maximum absolute atomic E-state index is 3.64. The van der Waals surface area contributed by atoms with Gasteiger partial charge in [-0.1, -0.05) is 71.5 Å². The fraction of sp³-hybridized carbons (Fsp3) is 0.273. The molecule has 0 heteroatoms. The molecule has 2 aliphatic carbocycles. The van der Waals surface area contributed by atoms with Gasteiger partial charge in [-0.25, -0.2) is 0 Å². The monoisotopic (exact) mass is 284 g/mol. The number of aryl methyl sites for hydroxylation is 2. The first-order valence-corrected chi connectivity index (χ1v) is 8.04. The lowest BCUT2D eigenvalue weighted by Crippen LogP contribution is -2.10. The van der Waals surface area contributed by atoms with E-state index in [4.69, 9.17) is 0 Å². The van der Waals surface area contributed by atoms with Crippen LogP contribution in [0, 0.1) is 37.5 Å². The molecule has 1 fully saturated rings. The second-order valence-corrected chi connectivity index (χ2v) is 6.65. The molecular weight excluding hydrogens is 264 g/mol. The van der Waals surface area contributed by atoms with E-state index in [1.54, 1.807) is 0 Å². The van der Waals surface area contributed by atoms with Crippen molar-refractivity contribution in [1.29, 1.82) is 0 Å². The summed E-state index contributed by atoms with van der Waals surface area (Å²) < 4.78 is 0. The van der Waals surface area contributed by atoms with Crippen molar-refractivity contribution in [2.75, 3.05) is 0 Å². The highest BCUT2D eigenvalue weighted by Crippen LogP contribution is 2.64. The van der Waals surface area contributed by atoms with Crippen LogP contribution in [0.15, 0.2) is 60.7 Å². The third-order valence-corrected chi connectivity index (χ3v) is 5.16. The first kappa shape index (κ1) is 13.4. The van der Waals surface area contributed by atoms with Gasteiger partial charge in [-0.05, 0) is 43.9 Å². The summed E-state index contributed by atoms with van der Waals surface area (Å²) in [6.07, 6.45) is 5.85. The molecular formula is C22H20. The highest BCUT2D eigenvalue weighted by atomic mass is 14.6. The SMILES string of the molecule is Cc1ccc(C#CC2(c3ccc(C)cc3)C3C=CCC32)cc1. The Balaban J connectivity index is 1.73. The van der Waals surface area contributed by atoms with Gasteiger partial charge in [-0.3, -0.25) is 0 Å². The number of benzene rings is 2. The van der Waals surface area contributed by atoms with Gasteiger partial charge in [0.25, 0.3) is 0 Å². The highest BCUT2D eigenvalue weighted by Gasteiger charge is 2.64. The standard InChI is InChI=1S/C22H20/c1-16-6-10-18(11-7-16)14-15-22(20-4-3-5-21(20)22)19-12-8-17(2)9-13-19/h3-4,6-13,20-21H,5H2,1-2H3. The van der Waals surface area contributed by atoms with Crippen LogP contribution in [0.25, 0.3) is 0 Å². The predicted octanol–water partition coefficient (Wildman–Crippen LogP) is 4.80. The van der Waals surface area contributed by atoms with E-state index in [9.17, 15) is 0 Å². The van der Waals surface area contributed by atoms with Crippen LogP contribution in [0.5, 0.6) is 0 Å². The molecule has 0 N–H and O–H groups in total. The number of hydrogen-bond acceptors (Lipinski definition) is 0. The lowest BCUT2D eigenvalue weighted by molar-refractivity contribution is 0.744. The quantitative estimate of drug-likeness (QED) is 0.521. The van der Waals surface area contributed by atoms with Crippen LogP contribution in [0.3, 0.4) is 0 Å². The van der Waals surface area contributed by atoms with Crippen molar-refractivity contribution in [3.8, 4) is 11.8 Å². The normalized spacial score (nSPS) is 27.9. The molecule has 3 unspecified atom stereocenters. The second-order valence-electron chi connectivity index (χ2n) is 6.65. The van der Waals surface area contributed by atoms with Crippen molar-refractivity contribution in [1.82, 2.24) is 0 Å². The summed E-state index contributed by atoms with van der Waals surface area (Å²) in [7, 11) is 0. The van der Waals surface area contributed by atoms with Crippen molar-refractivity contribution < 1.29 is 0 Å². The summed E-state index contributed by atoms with van der Waals surface area (Å²) >= 11 is 0. The minimum atomic E-state index is 0.0489. The van der Waals surface area contributed by atoms with Crippen LogP contribution in [-0.4, -0.2) is 0 Å². The molecule has 22 heavy (non-hydrogen) atoms. The third kappa shape index (κ3) is 2.01. The Hall–Kier alpha value is -2.26. The maximum atomic E-state index is 3.64. The van der Waals surface area contributed by atoms with Crippen molar-refractivity contribution in [2.24, 2.45) is 11.8 Å². The fourth-order valence-electron chi connectivity index (χ4n) is 3.78. The van der Waals surface area contributed by atoms with Gasteiger partial charge in [-0.15, -0.1) is 0 Å². The molecule has 0 bridgehead atoms. The van der Waals surface area contributed by atoms with Crippen LogP contribution in [0.2, 0.25) is 0 Å². The van der Waals surface area contributed by atoms with Gasteiger partial charge in [-0.2, -0.15) is 0 Å². The average molecular weight is 284 g/mol. The Labute approximate surface area is 132 Å². The summed E-state index contributed by atoms with van der Waals surface area (Å²) in [5, 5.41) is 0. The van der Waals surface area contributed by atoms with E-state index < -0.39 is 0 Å². The van der Waals surface area contributed by atoms with E-state index in [0.29, 0.717) is 11.8 Å². The topological polar surface area (TPSA) is 0 Å².